The number of fused-ring (bicyclic) bond motifs is 1. The van der Waals surface area contributed by atoms with Gasteiger partial charge in [0.25, 0.3) is 0 Å². The molecule has 9 heteroatoms. The van der Waals surface area contributed by atoms with Gasteiger partial charge in [-0.2, -0.15) is 4.31 Å². The van der Waals surface area contributed by atoms with E-state index in [1.54, 1.807) is 23.1 Å². The van der Waals surface area contributed by atoms with Crippen LogP contribution in [0, 0.1) is 0 Å². The number of sulfonamides is 1. The summed E-state index contributed by atoms with van der Waals surface area (Å²) in [6, 6.07) is 4.19. The van der Waals surface area contributed by atoms with Gasteiger partial charge in [0.1, 0.15) is 6.04 Å². The fourth-order valence-corrected chi connectivity index (χ4v) is 4.44. The molecule has 0 radical (unpaired) electrons. The molecule has 0 spiro atoms. The SMILES string of the molecule is CCN(CC)S(=O)(=O)c1ccc2c(c1)CCN2C(=O)C(N)COC.Cl. The van der Waals surface area contributed by atoms with Crippen LogP contribution < -0.4 is 10.6 Å². The Morgan fingerprint density at radius 3 is 2.56 bits per heavy atom. The smallest absolute Gasteiger partial charge is 0.246 e. The number of amides is 1. The topological polar surface area (TPSA) is 92.9 Å². The second kappa shape index (κ2) is 8.95. The highest BCUT2D eigenvalue weighted by Crippen LogP contribution is 2.31. The maximum absolute atomic E-state index is 12.6. The third-order valence-corrected chi connectivity index (χ3v) is 6.27. The van der Waals surface area contributed by atoms with Crippen molar-refractivity contribution in [3.05, 3.63) is 23.8 Å². The first-order valence-electron chi connectivity index (χ1n) is 8.05. The first-order chi connectivity index (χ1) is 11.4. The molecular formula is C16H26ClN3O4S. The third kappa shape index (κ3) is 4.32. The van der Waals surface area contributed by atoms with Gasteiger partial charge >= 0.3 is 0 Å². The predicted molar refractivity (Wildman–Crippen MR) is 99.7 cm³/mol. The molecule has 0 saturated heterocycles. The lowest BCUT2D eigenvalue weighted by Crippen LogP contribution is -2.45. The number of hydrogen-bond donors (Lipinski definition) is 1. The van der Waals surface area contributed by atoms with Crippen molar-refractivity contribution in [1.82, 2.24) is 4.31 Å². The molecule has 1 aromatic carbocycles. The Bertz CT molecular complexity index is 707. The number of nitrogens with zero attached hydrogens (tertiary/aromatic N) is 2. The largest absolute Gasteiger partial charge is 0.383 e. The Hall–Kier alpha value is -1.19. The van der Waals surface area contributed by atoms with Crippen molar-refractivity contribution in [3.63, 3.8) is 0 Å². The van der Waals surface area contributed by atoms with Crippen LogP contribution >= 0.6 is 12.4 Å². The Balaban J connectivity index is 0.00000312. The van der Waals surface area contributed by atoms with Crippen LogP contribution in [0.2, 0.25) is 0 Å². The van der Waals surface area contributed by atoms with E-state index in [-0.39, 0.29) is 29.8 Å². The van der Waals surface area contributed by atoms with Gasteiger partial charge in [-0.15, -0.1) is 12.4 Å². The highest BCUT2D eigenvalue weighted by molar-refractivity contribution is 7.89. The molecule has 1 aromatic rings. The lowest BCUT2D eigenvalue weighted by atomic mass is 10.2. The van der Waals surface area contributed by atoms with Crippen molar-refractivity contribution in [1.29, 1.82) is 0 Å². The van der Waals surface area contributed by atoms with Gasteiger partial charge in [0.05, 0.1) is 11.5 Å². The monoisotopic (exact) mass is 391 g/mol. The fraction of sp³-hybridized carbons (Fsp3) is 0.562. The number of methoxy groups -OCH3 is 1. The quantitative estimate of drug-likeness (QED) is 0.748. The molecule has 1 amide bonds. The van der Waals surface area contributed by atoms with Crippen LogP contribution in [-0.2, 0) is 26.0 Å². The number of benzene rings is 1. The van der Waals surface area contributed by atoms with Crippen LogP contribution in [0.4, 0.5) is 5.69 Å². The first kappa shape index (κ1) is 21.9. The van der Waals surface area contributed by atoms with Crippen molar-refractivity contribution in [2.45, 2.75) is 31.2 Å². The molecule has 2 N–H and O–H groups in total. The first-order valence-corrected chi connectivity index (χ1v) is 9.49. The minimum Gasteiger partial charge on any atom is -0.383 e. The third-order valence-electron chi connectivity index (χ3n) is 4.22. The van der Waals surface area contributed by atoms with Crippen molar-refractivity contribution in [3.8, 4) is 0 Å². The van der Waals surface area contributed by atoms with E-state index in [9.17, 15) is 13.2 Å². The van der Waals surface area contributed by atoms with E-state index in [0.29, 0.717) is 26.1 Å². The zero-order valence-electron chi connectivity index (χ0n) is 14.8. The predicted octanol–water partition coefficient (Wildman–Crippen LogP) is 1.00. The Morgan fingerprint density at radius 2 is 2.00 bits per heavy atom. The van der Waals surface area contributed by atoms with Crippen LogP contribution in [0.15, 0.2) is 23.1 Å². The number of halogens is 1. The zero-order valence-corrected chi connectivity index (χ0v) is 16.4. The standard InChI is InChI=1S/C16H25N3O4S.ClH/c1-4-18(5-2)24(21,22)13-6-7-15-12(10-13)8-9-19(15)16(20)14(17)11-23-3;/h6-7,10,14H,4-5,8-9,11,17H2,1-3H3;1H. The lowest BCUT2D eigenvalue weighted by molar-refractivity contribution is -0.120. The molecule has 0 saturated carbocycles. The second-order valence-corrected chi connectivity index (χ2v) is 7.62. The van der Waals surface area contributed by atoms with E-state index in [4.69, 9.17) is 10.5 Å². The van der Waals surface area contributed by atoms with Crippen LogP contribution in [0.1, 0.15) is 19.4 Å². The van der Waals surface area contributed by atoms with E-state index < -0.39 is 16.1 Å². The van der Waals surface area contributed by atoms with Crippen molar-refractivity contribution in [2.24, 2.45) is 5.73 Å². The number of ether oxygens (including phenoxy) is 1. The molecule has 1 atom stereocenters. The summed E-state index contributed by atoms with van der Waals surface area (Å²) in [4.78, 5) is 14.2. The lowest BCUT2D eigenvalue weighted by Gasteiger charge is -2.22. The summed E-state index contributed by atoms with van der Waals surface area (Å²) in [6.45, 7) is 5.12. The van der Waals surface area contributed by atoms with Gasteiger partial charge in [0.15, 0.2) is 0 Å². The molecule has 1 heterocycles. The van der Waals surface area contributed by atoms with Crippen LogP contribution in [0.25, 0.3) is 0 Å². The molecule has 142 valence electrons. The van der Waals surface area contributed by atoms with Crippen LogP contribution in [0.3, 0.4) is 0 Å². The van der Waals surface area contributed by atoms with E-state index in [2.05, 4.69) is 0 Å². The molecule has 7 nitrogen and oxygen atoms in total. The van der Waals surface area contributed by atoms with Gasteiger partial charge in [0.2, 0.25) is 15.9 Å². The molecule has 1 aliphatic heterocycles. The van der Waals surface area contributed by atoms with E-state index in [1.807, 2.05) is 13.8 Å². The number of hydrogen-bond acceptors (Lipinski definition) is 5. The number of rotatable bonds is 7. The molecular weight excluding hydrogens is 366 g/mol. The average molecular weight is 392 g/mol. The van der Waals surface area contributed by atoms with Gasteiger partial charge in [-0.05, 0) is 30.2 Å². The van der Waals surface area contributed by atoms with Crippen LogP contribution in [0.5, 0.6) is 0 Å². The molecule has 0 bridgehead atoms. The van der Waals surface area contributed by atoms with Gasteiger partial charge < -0.3 is 15.4 Å². The normalized spacial score (nSPS) is 15.0. The Kier molecular flexibility index (Phi) is 7.83. The Morgan fingerprint density at radius 1 is 1.36 bits per heavy atom. The summed E-state index contributed by atoms with van der Waals surface area (Å²) in [5.41, 5.74) is 7.40. The average Bonchev–Trinajstić information content (AvgIpc) is 2.98. The number of anilines is 1. The molecule has 0 aliphatic carbocycles. The molecule has 1 aliphatic rings. The van der Waals surface area contributed by atoms with E-state index in [0.717, 1.165) is 11.3 Å². The number of carbonyl (C=O) groups excluding carboxylic acids is 1. The summed E-state index contributed by atoms with van der Waals surface area (Å²) >= 11 is 0. The van der Waals surface area contributed by atoms with Crippen molar-refractivity contribution < 1.29 is 17.9 Å². The molecule has 2 rings (SSSR count). The van der Waals surface area contributed by atoms with Gasteiger partial charge in [-0.3, -0.25) is 4.79 Å². The second-order valence-electron chi connectivity index (χ2n) is 5.68. The van der Waals surface area contributed by atoms with E-state index in [1.165, 1.54) is 11.4 Å². The van der Waals surface area contributed by atoms with Crippen molar-refractivity contribution >= 4 is 34.0 Å². The summed E-state index contributed by atoms with van der Waals surface area (Å²) in [6.07, 6.45) is 0.613. The van der Waals surface area contributed by atoms with Gasteiger partial charge in [-0.1, -0.05) is 13.8 Å². The van der Waals surface area contributed by atoms with Crippen LogP contribution in [-0.4, -0.2) is 58.0 Å². The highest BCUT2D eigenvalue weighted by atomic mass is 35.5. The maximum Gasteiger partial charge on any atom is 0.246 e. The van der Waals surface area contributed by atoms with Gasteiger partial charge in [0, 0.05) is 32.4 Å². The molecule has 0 aromatic heterocycles. The summed E-state index contributed by atoms with van der Waals surface area (Å²) in [5.74, 6) is -0.213. The minimum absolute atomic E-state index is 0. The van der Waals surface area contributed by atoms with E-state index >= 15 is 0 Å². The summed E-state index contributed by atoms with van der Waals surface area (Å²) in [7, 11) is -2.00. The maximum atomic E-state index is 12.6. The minimum atomic E-state index is -3.50. The molecule has 0 fully saturated rings. The Labute approximate surface area is 155 Å². The highest BCUT2D eigenvalue weighted by Gasteiger charge is 2.30. The fourth-order valence-electron chi connectivity index (χ4n) is 2.93. The molecule has 25 heavy (non-hydrogen) atoms. The number of nitrogens with two attached hydrogens (primary N) is 1. The summed E-state index contributed by atoms with van der Waals surface area (Å²) in [5, 5.41) is 0. The molecule has 1 unspecified atom stereocenters. The summed E-state index contributed by atoms with van der Waals surface area (Å²) < 4.78 is 31.6. The van der Waals surface area contributed by atoms with Gasteiger partial charge in [-0.25, -0.2) is 8.42 Å². The van der Waals surface area contributed by atoms with Crippen molar-refractivity contribution in [2.75, 3.05) is 38.3 Å². The number of carbonyl (C=O) groups is 1. The zero-order chi connectivity index (χ0) is 17.9.